The van der Waals surface area contributed by atoms with E-state index in [0.717, 1.165) is 0 Å². The number of fused-ring (bicyclic) bond motifs is 2. The van der Waals surface area contributed by atoms with Crippen LogP contribution in [0, 0.1) is 23.7 Å². The van der Waals surface area contributed by atoms with Crippen LogP contribution in [-0.2, 0) is 14.8 Å². The molecule has 2 aliphatic rings. The first kappa shape index (κ1) is 15.1. The maximum Gasteiger partial charge on any atom is 0.518 e. The maximum absolute atomic E-state index is 12.2. The highest BCUT2D eigenvalue weighted by atomic mass is 32.2. The molecule has 0 aliphatic heterocycles. The lowest BCUT2D eigenvalue weighted by atomic mass is 9.79. The Morgan fingerprint density at radius 1 is 1.20 bits per heavy atom. The second kappa shape index (κ2) is 4.61. The lowest BCUT2D eigenvalue weighted by molar-refractivity contribution is -0.227. The van der Waals surface area contributed by atoms with Crippen molar-refractivity contribution >= 4 is 21.9 Å². The van der Waals surface area contributed by atoms with E-state index in [1.807, 2.05) is 0 Å². The Hall–Kier alpha value is -1.32. The minimum atomic E-state index is -5.92. The molecular weight excluding hydrogens is 303 g/mol. The molecule has 0 radical (unpaired) electrons. The number of nitrogens with zero attached hydrogens (tertiary/aromatic N) is 1. The van der Waals surface area contributed by atoms with Crippen molar-refractivity contribution in [3.63, 3.8) is 0 Å². The van der Waals surface area contributed by atoms with Crippen LogP contribution in [0.25, 0.3) is 0 Å². The van der Waals surface area contributed by atoms with E-state index in [0.29, 0.717) is 19.3 Å². The second-order valence-corrected chi connectivity index (χ2v) is 6.67. The fraction of sp³-hybridized carbons (Fsp3) is 0.800. The highest BCUT2D eigenvalue weighted by molar-refractivity contribution is 7.91. The third-order valence-corrected chi connectivity index (χ3v) is 4.99. The number of halogens is 3. The molecule has 0 aromatic carbocycles. The van der Waals surface area contributed by atoms with Crippen LogP contribution in [0.5, 0.6) is 0 Å². The summed E-state index contributed by atoms with van der Waals surface area (Å²) in [6, 6.07) is 0. The van der Waals surface area contributed by atoms with E-state index in [4.69, 9.17) is 5.11 Å². The molecule has 10 heteroatoms. The van der Waals surface area contributed by atoms with E-state index in [2.05, 4.69) is 4.40 Å². The molecule has 4 unspecified atom stereocenters. The molecule has 0 heterocycles. The molecule has 114 valence electrons. The van der Waals surface area contributed by atoms with Gasteiger partial charge in [0, 0.05) is 5.92 Å². The molecule has 0 aromatic rings. The average Bonchev–Trinajstić information content (AvgIpc) is 2.85. The monoisotopic (exact) mass is 314 g/mol. The van der Waals surface area contributed by atoms with Crippen LogP contribution in [0.4, 0.5) is 13.2 Å². The number of hydrogen-bond donors (Lipinski definition) is 1. The van der Waals surface area contributed by atoms with Crippen LogP contribution in [0.3, 0.4) is 0 Å². The smallest absolute Gasteiger partial charge is 0.518 e. The molecule has 4 atom stereocenters. The van der Waals surface area contributed by atoms with Crippen molar-refractivity contribution in [1.82, 2.24) is 0 Å². The average molecular weight is 314 g/mol. The predicted octanol–water partition coefficient (Wildman–Crippen LogP) is 0.342. The van der Waals surface area contributed by atoms with Crippen molar-refractivity contribution in [2.45, 2.75) is 24.8 Å². The highest BCUT2D eigenvalue weighted by Gasteiger charge is 2.52. The van der Waals surface area contributed by atoms with Crippen LogP contribution in [-0.4, -0.2) is 30.9 Å². The Morgan fingerprint density at radius 3 is 2.15 bits per heavy atom. The standard InChI is InChI=1S/C10H12F3NO5S/c11-10(12,13)20(18,19)14-8(15)6-4-1-2-5(3-4)7(6)9(16)17/h4-7H,1-3H2,(H,14,15)(H,16,17)/p-1. The van der Waals surface area contributed by atoms with Gasteiger partial charge in [0.1, 0.15) is 0 Å². The normalized spacial score (nSPS) is 34.5. The Balaban J connectivity index is 2.33. The molecule has 6 nitrogen and oxygen atoms in total. The Morgan fingerprint density at radius 2 is 1.70 bits per heavy atom. The van der Waals surface area contributed by atoms with Crippen molar-refractivity contribution in [3.05, 3.63) is 0 Å². The van der Waals surface area contributed by atoms with Crippen LogP contribution in [0.15, 0.2) is 4.40 Å². The van der Waals surface area contributed by atoms with Crippen molar-refractivity contribution in [3.8, 4) is 0 Å². The number of aliphatic carboxylic acids is 1. The zero-order chi connectivity index (χ0) is 15.3. The van der Waals surface area contributed by atoms with Gasteiger partial charge >= 0.3 is 21.5 Å². The van der Waals surface area contributed by atoms with Crippen molar-refractivity contribution in [2.75, 3.05) is 0 Å². The number of carbonyl (C=O) groups is 1. The van der Waals surface area contributed by atoms with Gasteiger partial charge in [0.25, 0.3) is 0 Å². The molecule has 2 rings (SSSR count). The van der Waals surface area contributed by atoms with E-state index in [-0.39, 0.29) is 5.92 Å². The van der Waals surface area contributed by atoms with Crippen molar-refractivity contribution in [2.24, 2.45) is 28.1 Å². The van der Waals surface area contributed by atoms with Gasteiger partial charge in [-0.2, -0.15) is 26.0 Å². The molecule has 0 saturated heterocycles. The van der Waals surface area contributed by atoms with Crippen LogP contribution >= 0.6 is 0 Å². The molecule has 2 aliphatic carbocycles. The topological polar surface area (TPSA) is 107 Å². The molecule has 2 fully saturated rings. The van der Waals surface area contributed by atoms with E-state index in [9.17, 15) is 31.5 Å². The zero-order valence-corrected chi connectivity index (χ0v) is 10.8. The van der Waals surface area contributed by atoms with Crippen molar-refractivity contribution in [1.29, 1.82) is 0 Å². The lowest BCUT2D eigenvalue weighted by Gasteiger charge is -2.31. The number of alkyl halides is 3. The summed E-state index contributed by atoms with van der Waals surface area (Å²) in [5.74, 6) is -5.91. The summed E-state index contributed by atoms with van der Waals surface area (Å²) < 4.78 is 60.5. The fourth-order valence-electron chi connectivity index (χ4n) is 3.23. The lowest BCUT2D eigenvalue weighted by Crippen LogP contribution is -2.41. The van der Waals surface area contributed by atoms with Gasteiger partial charge < -0.3 is 10.2 Å². The molecule has 2 saturated carbocycles. The van der Waals surface area contributed by atoms with Gasteiger partial charge in [-0.25, -0.2) is 0 Å². The van der Waals surface area contributed by atoms with Gasteiger partial charge in [0.2, 0.25) is 0 Å². The van der Waals surface area contributed by atoms with Gasteiger partial charge in [0.15, 0.2) is 0 Å². The number of carboxylic acids is 1. The zero-order valence-electron chi connectivity index (χ0n) is 10.0. The molecule has 0 spiro atoms. The number of carboxylic acid groups (broad SMARTS) is 1. The van der Waals surface area contributed by atoms with E-state index in [1.54, 1.807) is 0 Å². The quantitative estimate of drug-likeness (QED) is 0.597. The molecule has 0 aromatic heterocycles. The molecule has 1 N–H and O–H groups in total. The third kappa shape index (κ3) is 2.36. The summed E-state index contributed by atoms with van der Waals surface area (Å²) in [4.78, 5) is 11.1. The summed E-state index contributed by atoms with van der Waals surface area (Å²) in [6.45, 7) is 0. The van der Waals surface area contributed by atoms with Crippen LogP contribution < -0.4 is 5.11 Å². The number of hydrogen-bond acceptors (Lipinski definition) is 4. The SMILES string of the molecule is O=C(O)C1C2CCC(C2)C1/C([O-])=N/S(=O)(=O)C(F)(F)F. The van der Waals surface area contributed by atoms with E-state index < -0.39 is 45.2 Å². The van der Waals surface area contributed by atoms with Gasteiger partial charge in [-0.05, 0) is 37.0 Å². The third-order valence-electron chi connectivity index (χ3n) is 3.99. The van der Waals surface area contributed by atoms with Crippen molar-refractivity contribution < 1.29 is 36.6 Å². The fourth-order valence-corrected chi connectivity index (χ4v) is 3.70. The summed E-state index contributed by atoms with van der Waals surface area (Å²) in [7, 11) is -5.92. The predicted molar refractivity (Wildman–Crippen MR) is 57.9 cm³/mol. The number of rotatable bonds is 3. The summed E-state index contributed by atoms with van der Waals surface area (Å²) in [5, 5.41) is 20.8. The molecule has 2 bridgehead atoms. The number of sulfonamides is 1. The summed E-state index contributed by atoms with van der Waals surface area (Å²) in [6.07, 6.45) is 1.50. The van der Waals surface area contributed by atoms with Gasteiger partial charge in [-0.3, -0.25) is 4.79 Å². The minimum Gasteiger partial charge on any atom is -0.861 e. The van der Waals surface area contributed by atoms with Gasteiger partial charge in [0.05, 0.1) is 5.92 Å². The summed E-state index contributed by atoms with van der Waals surface area (Å²) >= 11 is 0. The van der Waals surface area contributed by atoms with E-state index >= 15 is 0 Å². The largest absolute Gasteiger partial charge is 0.861 e. The first-order chi connectivity index (χ1) is 9.04. The Kier molecular flexibility index (Phi) is 3.47. The first-order valence-corrected chi connectivity index (χ1v) is 7.29. The second-order valence-electron chi connectivity index (χ2n) is 5.07. The van der Waals surface area contributed by atoms with Crippen LogP contribution in [0.2, 0.25) is 0 Å². The molecular formula is C10H11F3NO5S-. The first-order valence-electron chi connectivity index (χ1n) is 5.85. The minimum absolute atomic E-state index is 0.296. The molecule has 0 amide bonds. The molecule has 20 heavy (non-hydrogen) atoms. The highest BCUT2D eigenvalue weighted by Crippen LogP contribution is 2.52. The summed E-state index contributed by atoms with van der Waals surface area (Å²) in [5.41, 5.74) is -5.65. The van der Waals surface area contributed by atoms with Gasteiger partial charge in [-0.1, -0.05) is 0 Å². The van der Waals surface area contributed by atoms with E-state index in [1.165, 1.54) is 0 Å². The Bertz CT molecular complexity index is 556. The Labute approximate surface area is 112 Å². The maximum atomic E-state index is 12.2. The van der Waals surface area contributed by atoms with Gasteiger partial charge in [-0.15, -0.1) is 0 Å². The van der Waals surface area contributed by atoms with Crippen LogP contribution in [0.1, 0.15) is 19.3 Å².